The van der Waals surface area contributed by atoms with Crippen molar-refractivity contribution < 1.29 is 14.7 Å². The standard InChI is InChI=1S/C24H23N3O2.CH4O/c1-27(22-9-10-22)24(29)21-4-2-3-17(15-21)16-26-23(28)20-7-5-18(6-8-20)19-11-13-25-14-12-19;1-2/h2-8,11-15,22H,9-10,16H2,1H3,(H,26,28);2H,1H3. The van der Waals surface area contributed by atoms with Crippen molar-refractivity contribution >= 4 is 11.8 Å². The number of nitrogens with one attached hydrogen (secondary N) is 1. The monoisotopic (exact) mass is 417 g/mol. The number of carbonyl (C=O) groups is 2. The van der Waals surface area contributed by atoms with E-state index in [4.69, 9.17) is 5.11 Å². The lowest BCUT2D eigenvalue weighted by Gasteiger charge is -2.16. The molecule has 1 aliphatic carbocycles. The number of hydrogen-bond donors (Lipinski definition) is 2. The third-order valence-electron chi connectivity index (χ3n) is 5.20. The topological polar surface area (TPSA) is 82.5 Å². The van der Waals surface area contributed by atoms with Crippen molar-refractivity contribution in [1.29, 1.82) is 0 Å². The summed E-state index contributed by atoms with van der Waals surface area (Å²) in [5.41, 5.74) is 4.26. The van der Waals surface area contributed by atoms with Crippen LogP contribution in [0.4, 0.5) is 0 Å². The summed E-state index contributed by atoms with van der Waals surface area (Å²) in [7, 11) is 2.85. The third kappa shape index (κ3) is 5.77. The molecule has 6 nitrogen and oxygen atoms in total. The highest BCUT2D eigenvalue weighted by molar-refractivity contribution is 5.95. The zero-order chi connectivity index (χ0) is 22.2. The van der Waals surface area contributed by atoms with Crippen LogP contribution in [0, 0.1) is 0 Å². The second-order valence-corrected chi connectivity index (χ2v) is 7.34. The van der Waals surface area contributed by atoms with Crippen LogP contribution in [0.1, 0.15) is 39.1 Å². The average Bonchev–Trinajstić information content (AvgIpc) is 3.69. The molecule has 0 spiro atoms. The van der Waals surface area contributed by atoms with Crippen LogP contribution in [0.2, 0.25) is 0 Å². The van der Waals surface area contributed by atoms with Gasteiger partial charge in [-0.05, 0) is 65.9 Å². The Morgan fingerprint density at radius 1 is 0.968 bits per heavy atom. The zero-order valence-corrected chi connectivity index (χ0v) is 17.8. The molecule has 0 radical (unpaired) electrons. The highest BCUT2D eigenvalue weighted by atomic mass is 16.2. The van der Waals surface area contributed by atoms with Crippen molar-refractivity contribution in [3.8, 4) is 11.1 Å². The lowest BCUT2D eigenvalue weighted by molar-refractivity contribution is 0.0785. The van der Waals surface area contributed by atoms with E-state index >= 15 is 0 Å². The quantitative estimate of drug-likeness (QED) is 0.643. The number of aliphatic hydroxyl groups is 1. The van der Waals surface area contributed by atoms with Gasteiger partial charge in [-0.3, -0.25) is 14.6 Å². The number of pyridine rings is 1. The molecule has 6 heteroatoms. The van der Waals surface area contributed by atoms with Gasteiger partial charge in [0.25, 0.3) is 11.8 Å². The molecule has 31 heavy (non-hydrogen) atoms. The van der Waals surface area contributed by atoms with E-state index in [-0.39, 0.29) is 11.8 Å². The van der Waals surface area contributed by atoms with Crippen LogP contribution in [-0.2, 0) is 6.54 Å². The van der Waals surface area contributed by atoms with Gasteiger partial charge >= 0.3 is 0 Å². The van der Waals surface area contributed by atoms with Gasteiger partial charge in [-0.1, -0.05) is 24.3 Å². The Kier molecular flexibility index (Phi) is 7.51. The first-order chi connectivity index (χ1) is 15.1. The lowest BCUT2D eigenvalue weighted by atomic mass is 10.0. The van der Waals surface area contributed by atoms with Crippen molar-refractivity contribution in [2.24, 2.45) is 0 Å². The number of benzene rings is 2. The van der Waals surface area contributed by atoms with E-state index in [1.165, 1.54) is 0 Å². The SMILES string of the molecule is CN(C(=O)c1cccc(CNC(=O)c2ccc(-c3ccncc3)cc2)c1)C1CC1.CO. The fourth-order valence-electron chi connectivity index (χ4n) is 3.29. The molecule has 1 saturated carbocycles. The van der Waals surface area contributed by atoms with Gasteiger partial charge in [-0.2, -0.15) is 0 Å². The third-order valence-corrected chi connectivity index (χ3v) is 5.20. The Bertz CT molecular complexity index is 1020. The Hall–Kier alpha value is -3.51. The maximum absolute atomic E-state index is 12.5. The summed E-state index contributed by atoms with van der Waals surface area (Å²) in [6, 6.07) is 19.2. The molecule has 0 bridgehead atoms. The molecule has 2 amide bonds. The molecule has 1 heterocycles. The predicted octanol–water partition coefficient (Wildman–Crippen LogP) is 3.52. The molecule has 0 atom stereocenters. The van der Waals surface area contributed by atoms with E-state index in [9.17, 15) is 9.59 Å². The highest BCUT2D eigenvalue weighted by Crippen LogP contribution is 2.26. The van der Waals surface area contributed by atoms with Crippen LogP contribution < -0.4 is 5.32 Å². The molecule has 1 aliphatic rings. The summed E-state index contributed by atoms with van der Waals surface area (Å²) in [6.45, 7) is 0.374. The van der Waals surface area contributed by atoms with Gasteiger partial charge in [0.2, 0.25) is 0 Å². The Labute approximate surface area is 182 Å². The second-order valence-electron chi connectivity index (χ2n) is 7.34. The van der Waals surface area contributed by atoms with E-state index < -0.39 is 0 Å². The van der Waals surface area contributed by atoms with E-state index in [1.807, 2.05) is 72.6 Å². The summed E-state index contributed by atoms with van der Waals surface area (Å²) in [5, 5.41) is 9.93. The Morgan fingerprint density at radius 2 is 1.61 bits per heavy atom. The van der Waals surface area contributed by atoms with Gasteiger partial charge in [-0.15, -0.1) is 0 Å². The summed E-state index contributed by atoms with van der Waals surface area (Å²) in [4.78, 5) is 30.8. The van der Waals surface area contributed by atoms with Crippen LogP contribution in [0.15, 0.2) is 73.1 Å². The zero-order valence-electron chi connectivity index (χ0n) is 17.8. The Balaban J connectivity index is 0.00000132. The van der Waals surface area contributed by atoms with E-state index in [2.05, 4.69) is 10.3 Å². The highest BCUT2D eigenvalue weighted by Gasteiger charge is 2.30. The number of amides is 2. The Morgan fingerprint density at radius 3 is 2.26 bits per heavy atom. The predicted molar refractivity (Wildman–Crippen MR) is 121 cm³/mol. The molecule has 160 valence electrons. The molecule has 2 aromatic carbocycles. The van der Waals surface area contributed by atoms with E-state index in [1.54, 1.807) is 12.4 Å². The van der Waals surface area contributed by atoms with Crippen molar-refractivity contribution in [2.75, 3.05) is 14.2 Å². The van der Waals surface area contributed by atoms with Crippen LogP contribution in [0.5, 0.6) is 0 Å². The van der Waals surface area contributed by atoms with E-state index in [0.717, 1.165) is 36.6 Å². The first-order valence-electron chi connectivity index (χ1n) is 10.2. The molecule has 2 N–H and O–H groups in total. The molecule has 0 unspecified atom stereocenters. The largest absolute Gasteiger partial charge is 0.400 e. The van der Waals surface area contributed by atoms with Gasteiger partial charge in [0.05, 0.1) is 0 Å². The number of carbonyl (C=O) groups excluding carboxylic acids is 2. The van der Waals surface area contributed by atoms with Crippen LogP contribution in [-0.4, -0.2) is 47.0 Å². The minimum atomic E-state index is -0.141. The first kappa shape index (κ1) is 22.2. The fraction of sp³-hybridized carbons (Fsp3) is 0.240. The number of nitrogens with zero attached hydrogens (tertiary/aromatic N) is 2. The van der Waals surface area contributed by atoms with Gasteiger partial charge in [0.1, 0.15) is 0 Å². The van der Waals surface area contributed by atoms with Crippen molar-refractivity contribution in [2.45, 2.75) is 25.4 Å². The molecule has 0 aliphatic heterocycles. The van der Waals surface area contributed by atoms with Crippen molar-refractivity contribution in [3.63, 3.8) is 0 Å². The molecule has 1 fully saturated rings. The maximum atomic E-state index is 12.5. The normalized spacial score (nSPS) is 12.4. The summed E-state index contributed by atoms with van der Waals surface area (Å²) >= 11 is 0. The summed E-state index contributed by atoms with van der Waals surface area (Å²) in [6.07, 6.45) is 5.66. The average molecular weight is 418 g/mol. The summed E-state index contributed by atoms with van der Waals surface area (Å²) < 4.78 is 0. The lowest BCUT2D eigenvalue weighted by Crippen LogP contribution is -2.29. The second kappa shape index (κ2) is 10.5. The van der Waals surface area contributed by atoms with Gasteiger partial charge < -0.3 is 15.3 Å². The van der Waals surface area contributed by atoms with Gasteiger partial charge in [0.15, 0.2) is 0 Å². The first-order valence-corrected chi connectivity index (χ1v) is 10.2. The molecule has 4 rings (SSSR count). The fourth-order valence-corrected chi connectivity index (χ4v) is 3.29. The number of rotatable bonds is 6. The molecule has 0 saturated heterocycles. The van der Waals surface area contributed by atoms with Crippen LogP contribution in [0.25, 0.3) is 11.1 Å². The van der Waals surface area contributed by atoms with Crippen LogP contribution in [0.3, 0.4) is 0 Å². The van der Waals surface area contributed by atoms with Crippen molar-refractivity contribution in [3.05, 3.63) is 89.7 Å². The van der Waals surface area contributed by atoms with Gasteiger partial charge in [-0.25, -0.2) is 0 Å². The smallest absolute Gasteiger partial charge is 0.253 e. The minimum absolute atomic E-state index is 0.0346. The molecule has 3 aromatic rings. The van der Waals surface area contributed by atoms with Gasteiger partial charge in [0, 0.05) is 50.3 Å². The number of aromatic nitrogens is 1. The molecule has 1 aromatic heterocycles. The molecular weight excluding hydrogens is 390 g/mol. The number of hydrogen-bond acceptors (Lipinski definition) is 4. The summed E-state index contributed by atoms with van der Waals surface area (Å²) in [5.74, 6) is -0.106. The molecular formula is C25H27N3O3. The van der Waals surface area contributed by atoms with Crippen molar-refractivity contribution in [1.82, 2.24) is 15.2 Å². The number of aliphatic hydroxyl groups excluding tert-OH is 1. The maximum Gasteiger partial charge on any atom is 0.253 e. The van der Waals surface area contributed by atoms with Crippen LogP contribution >= 0.6 is 0 Å². The minimum Gasteiger partial charge on any atom is -0.400 e. The van der Waals surface area contributed by atoms with E-state index in [0.29, 0.717) is 23.7 Å².